The van der Waals surface area contributed by atoms with E-state index in [1.807, 2.05) is 48.0 Å². The van der Waals surface area contributed by atoms with Gasteiger partial charge in [0.2, 0.25) is 0 Å². The molecule has 1 unspecified atom stereocenters. The van der Waals surface area contributed by atoms with Gasteiger partial charge in [0.1, 0.15) is 11.9 Å². The van der Waals surface area contributed by atoms with E-state index in [0.717, 1.165) is 5.56 Å². The van der Waals surface area contributed by atoms with Gasteiger partial charge in [-0.3, -0.25) is 0 Å². The summed E-state index contributed by atoms with van der Waals surface area (Å²) in [5.41, 5.74) is 1.86. The van der Waals surface area contributed by atoms with Gasteiger partial charge in [0.15, 0.2) is 11.5 Å². The lowest BCUT2D eigenvalue weighted by Crippen LogP contribution is -2.11. The maximum absolute atomic E-state index is 10.8. The van der Waals surface area contributed by atoms with Crippen LogP contribution in [0.2, 0.25) is 0 Å². The highest BCUT2D eigenvalue weighted by atomic mass is 16.5. The molecule has 0 fully saturated rings. The highest BCUT2D eigenvalue weighted by Crippen LogP contribution is 2.32. The molecule has 0 amide bonds. The van der Waals surface area contributed by atoms with Gasteiger partial charge in [-0.15, -0.1) is 0 Å². The van der Waals surface area contributed by atoms with Crippen LogP contribution in [0.25, 0.3) is 0 Å². The lowest BCUT2D eigenvalue weighted by Gasteiger charge is -2.16. The van der Waals surface area contributed by atoms with Gasteiger partial charge < -0.3 is 19.1 Å². The predicted octanol–water partition coefficient (Wildman–Crippen LogP) is 3.42. The molecule has 130 valence electrons. The molecule has 25 heavy (non-hydrogen) atoms. The molecule has 0 bridgehead atoms. The summed E-state index contributed by atoms with van der Waals surface area (Å²) in [6.07, 6.45) is 2.73. The van der Waals surface area contributed by atoms with E-state index in [1.54, 1.807) is 19.4 Å². The molecule has 5 nitrogen and oxygen atoms in total. The van der Waals surface area contributed by atoms with Crippen molar-refractivity contribution in [1.82, 2.24) is 9.55 Å². The molecule has 0 spiro atoms. The third-order valence-corrected chi connectivity index (χ3v) is 3.99. The number of imidazole rings is 1. The van der Waals surface area contributed by atoms with Gasteiger partial charge in [0.05, 0.1) is 13.7 Å². The van der Waals surface area contributed by atoms with Crippen molar-refractivity contribution < 1.29 is 14.6 Å². The summed E-state index contributed by atoms with van der Waals surface area (Å²) in [7, 11) is 1.59. The second-order valence-electron chi connectivity index (χ2n) is 5.64. The van der Waals surface area contributed by atoms with Gasteiger partial charge in [0.25, 0.3) is 0 Å². The fourth-order valence-corrected chi connectivity index (χ4v) is 2.76. The topological polar surface area (TPSA) is 56.5 Å². The van der Waals surface area contributed by atoms with Crippen LogP contribution in [-0.2, 0) is 6.54 Å². The second kappa shape index (κ2) is 7.85. The lowest BCUT2D eigenvalue weighted by molar-refractivity contribution is 0.204. The standard InChI is InChI=1S/C20H22N2O3/c1-3-25-17-10-9-16(13-18(17)24-2)19(23)20-21-11-12-22(20)14-15-7-5-4-6-8-15/h4-13,19,23H,3,14H2,1-2H3. The fraction of sp³-hybridized carbons (Fsp3) is 0.250. The fourth-order valence-electron chi connectivity index (χ4n) is 2.76. The Bertz CT molecular complexity index is 815. The van der Waals surface area contributed by atoms with E-state index in [0.29, 0.717) is 36.0 Å². The summed E-state index contributed by atoms with van der Waals surface area (Å²) in [5, 5.41) is 10.8. The van der Waals surface area contributed by atoms with Gasteiger partial charge in [-0.05, 0) is 30.2 Å². The highest BCUT2D eigenvalue weighted by molar-refractivity contribution is 5.44. The summed E-state index contributed by atoms with van der Waals surface area (Å²) in [4.78, 5) is 4.34. The van der Waals surface area contributed by atoms with Crippen molar-refractivity contribution in [3.63, 3.8) is 0 Å². The van der Waals surface area contributed by atoms with Crippen molar-refractivity contribution in [2.45, 2.75) is 19.6 Å². The normalized spacial score (nSPS) is 12.0. The molecule has 0 aliphatic carbocycles. The Morgan fingerprint density at radius 3 is 2.64 bits per heavy atom. The first-order chi connectivity index (χ1) is 12.2. The second-order valence-corrected chi connectivity index (χ2v) is 5.64. The predicted molar refractivity (Wildman–Crippen MR) is 96.0 cm³/mol. The number of hydrogen-bond acceptors (Lipinski definition) is 4. The van der Waals surface area contributed by atoms with E-state index >= 15 is 0 Å². The first-order valence-electron chi connectivity index (χ1n) is 8.26. The molecular weight excluding hydrogens is 316 g/mol. The Balaban J connectivity index is 1.86. The average Bonchev–Trinajstić information content (AvgIpc) is 3.10. The van der Waals surface area contributed by atoms with Crippen molar-refractivity contribution in [2.24, 2.45) is 0 Å². The molecule has 0 saturated carbocycles. The smallest absolute Gasteiger partial charge is 0.161 e. The van der Waals surface area contributed by atoms with Crippen LogP contribution in [0.1, 0.15) is 30.0 Å². The van der Waals surface area contributed by atoms with E-state index in [4.69, 9.17) is 9.47 Å². The number of benzene rings is 2. The average molecular weight is 338 g/mol. The maximum Gasteiger partial charge on any atom is 0.161 e. The molecule has 1 N–H and O–H groups in total. The van der Waals surface area contributed by atoms with Crippen LogP contribution in [0.15, 0.2) is 60.9 Å². The Kier molecular flexibility index (Phi) is 5.36. The van der Waals surface area contributed by atoms with Gasteiger partial charge in [0, 0.05) is 18.9 Å². The quantitative estimate of drug-likeness (QED) is 0.717. The first kappa shape index (κ1) is 17.0. The number of aliphatic hydroxyl groups excluding tert-OH is 1. The van der Waals surface area contributed by atoms with Crippen LogP contribution >= 0.6 is 0 Å². The van der Waals surface area contributed by atoms with Gasteiger partial charge in [-0.2, -0.15) is 0 Å². The zero-order valence-corrected chi connectivity index (χ0v) is 14.4. The molecule has 1 atom stereocenters. The van der Waals surface area contributed by atoms with Crippen molar-refractivity contribution in [3.8, 4) is 11.5 Å². The van der Waals surface area contributed by atoms with Crippen LogP contribution in [0, 0.1) is 0 Å². The molecule has 0 radical (unpaired) electrons. The van der Waals surface area contributed by atoms with Crippen LogP contribution in [-0.4, -0.2) is 28.4 Å². The minimum absolute atomic E-state index is 0.555. The van der Waals surface area contributed by atoms with E-state index in [2.05, 4.69) is 17.1 Å². The zero-order valence-electron chi connectivity index (χ0n) is 14.4. The van der Waals surface area contributed by atoms with E-state index < -0.39 is 6.10 Å². The van der Waals surface area contributed by atoms with Crippen LogP contribution in [0.5, 0.6) is 11.5 Å². The van der Waals surface area contributed by atoms with Crippen LogP contribution < -0.4 is 9.47 Å². The molecule has 1 heterocycles. The first-order valence-corrected chi connectivity index (χ1v) is 8.26. The van der Waals surface area contributed by atoms with Crippen LogP contribution in [0.3, 0.4) is 0 Å². The SMILES string of the molecule is CCOc1ccc(C(O)c2nccn2Cc2ccccc2)cc1OC. The van der Waals surface area contributed by atoms with Gasteiger partial charge >= 0.3 is 0 Å². The Morgan fingerprint density at radius 2 is 1.92 bits per heavy atom. The molecule has 5 heteroatoms. The van der Waals surface area contributed by atoms with Crippen molar-refractivity contribution >= 4 is 0 Å². The Morgan fingerprint density at radius 1 is 1.12 bits per heavy atom. The van der Waals surface area contributed by atoms with Crippen molar-refractivity contribution in [3.05, 3.63) is 77.9 Å². The van der Waals surface area contributed by atoms with E-state index in [-0.39, 0.29) is 0 Å². The molecule has 1 aromatic heterocycles. The molecular formula is C20H22N2O3. The summed E-state index contributed by atoms with van der Waals surface area (Å²) in [6, 6.07) is 15.5. The summed E-state index contributed by atoms with van der Waals surface area (Å²) in [5.74, 6) is 1.85. The summed E-state index contributed by atoms with van der Waals surface area (Å²) >= 11 is 0. The number of rotatable bonds is 7. The molecule has 0 saturated heterocycles. The van der Waals surface area contributed by atoms with Crippen molar-refractivity contribution in [2.75, 3.05) is 13.7 Å². The molecule has 0 aliphatic heterocycles. The number of ether oxygens (including phenoxy) is 2. The number of aliphatic hydroxyl groups is 1. The zero-order chi connectivity index (χ0) is 17.6. The summed E-state index contributed by atoms with van der Waals surface area (Å²) < 4.78 is 12.8. The number of nitrogens with zero attached hydrogens (tertiary/aromatic N) is 2. The minimum atomic E-state index is -0.844. The number of aromatic nitrogens is 2. The maximum atomic E-state index is 10.8. The number of hydrogen-bond donors (Lipinski definition) is 1. The molecule has 2 aromatic carbocycles. The Labute approximate surface area is 147 Å². The monoisotopic (exact) mass is 338 g/mol. The molecule has 0 aliphatic rings. The highest BCUT2D eigenvalue weighted by Gasteiger charge is 2.18. The van der Waals surface area contributed by atoms with Gasteiger partial charge in [-0.25, -0.2) is 4.98 Å². The third kappa shape index (κ3) is 3.83. The van der Waals surface area contributed by atoms with E-state index in [9.17, 15) is 5.11 Å². The van der Waals surface area contributed by atoms with E-state index in [1.165, 1.54) is 0 Å². The molecule has 3 aromatic rings. The minimum Gasteiger partial charge on any atom is -0.493 e. The number of methoxy groups -OCH3 is 1. The van der Waals surface area contributed by atoms with Gasteiger partial charge in [-0.1, -0.05) is 36.4 Å². The Hall–Kier alpha value is -2.79. The lowest BCUT2D eigenvalue weighted by atomic mass is 10.1. The molecule has 3 rings (SSSR count). The summed E-state index contributed by atoms with van der Waals surface area (Å²) in [6.45, 7) is 3.13. The third-order valence-electron chi connectivity index (χ3n) is 3.99. The largest absolute Gasteiger partial charge is 0.493 e. The van der Waals surface area contributed by atoms with Crippen molar-refractivity contribution in [1.29, 1.82) is 0 Å². The van der Waals surface area contributed by atoms with Crippen LogP contribution in [0.4, 0.5) is 0 Å².